The molecule has 2 aromatic heterocycles. The van der Waals surface area contributed by atoms with Gasteiger partial charge in [-0.25, -0.2) is 9.78 Å². The molecule has 1 fully saturated rings. The van der Waals surface area contributed by atoms with Gasteiger partial charge in [0, 0.05) is 26.3 Å². The van der Waals surface area contributed by atoms with E-state index >= 15 is 0 Å². The van der Waals surface area contributed by atoms with Crippen LogP contribution in [0.2, 0.25) is 0 Å². The van der Waals surface area contributed by atoms with Crippen molar-refractivity contribution >= 4 is 16.9 Å². The molecule has 0 saturated heterocycles. The maximum Gasteiger partial charge on any atom is 0.332 e. The van der Waals surface area contributed by atoms with Gasteiger partial charge in [-0.2, -0.15) is 0 Å². The van der Waals surface area contributed by atoms with E-state index in [0.29, 0.717) is 11.5 Å². The fourth-order valence-electron chi connectivity index (χ4n) is 3.42. The van der Waals surface area contributed by atoms with Gasteiger partial charge in [-0.15, -0.1) is 0 Å². The van der Waals surface area contributed by atoms with Crippen LogP contribution in [0.1, 0.15) is 43.0 Å². The highest BCUT2D eigenvalue weighted by molar-refractivity contribution is 5.96. The Balaban J connectivity index is 1.94. The fraction of sp³-hybridized carbons (Fsp3) is 0.529. The van der Waals surface area contributed by atoms with Crippen LogP contribution in [0.25, 0.3) is 11.0 Å². The molecular formula is C17H22N4O3. The van der Waals surface area contributed by atoms with Crippen LogP contribution in [0.5, 0.6) is 0 Å². The summed E-state index contributed by atoms with van der Waals surface area (Å²) in [5, 5.41) is 3.30. The Kier molecular flexibility index (Phi) is 4.26. The minimum absolute atomic E-state index is 0.167. The molecule has 2 aromatic rings. The van der Waals surface area contributed by atoms with Crippen molar-refractivity contribution in [3.05, 3.63) is 38.7 Å². The second-order valence-corrected chi connectivity index (χ2v) is 6.74. The molecule has 0 aliphatic heterocycles. The van der Waals surface area contributed by atoms with Crippen molar-refractivity contribution in [1.29, 1.82) is 0 Å². The van der Waals surface area contributed by atoms with Crippen molar-refractivity contribution in [1.82, 2.24) is 19.4 Å². The maximum absolute atomic E-state index is 12.5. The zero-order valence-corrected chi connectivity index (χ0v) is 14.2. The van der Waals surface area contributed by atoms with Crippen LogP contribution in [-0.2, 0) is 14.1 Å². The lowest BCUT2D eigenvalue weighted by Crippen LogP contribution is -2.39. The SMILES string of the molecule is C[C@H]1CCC[C@@H](NC(=O)c2cnc3c(c2)c(=O)n(C)c(=O)n3C)C1. The van der Waals surface area contributed by atoms with Crippen LogP contribution in [-0.4, -0.2) is 26.1 Å². The number of amides is 1. The van der Waals surface area contributed by atoms with E-state index in [1.165, 1.54) is 30.3 Å². The molecule has 1 saturated carbocycles. The Morgan fingerprint density at radius 3 is 2.71 bits per heavy atom. The molecule has 128 valence electrons. The van der Waals surface area contributed by atoms with Crippen LogP contribution < -0.4 is 16.6 Å². The highest BCUT2D eigenvalue weighted by atomic mass is 16.2. The van der Waals surface area contributed by atoms with E-state index in [2.05, 4.69) is 17.2 Å². The quantitative estimate of drug-likeness (QED) is 0.888. The summed E-state index contributed by atoms with van der Waals surface area (Å²) >= 11 is 0. The second kappa shape index (κ2) is 6.22. The lowest BCUT2D eigenvalue weighted by molar-refractivity contribution is 0.0921. The summed E-state index contributed by atoms with van der Waals surface area (Å²) in [7, 11) is 2.97. The number of nitrogens with zero attached hydrogens (tertiary/aromatic N) is 3. The third-order valence-corrected chi connectivity index (χ3v) is 4.83. The summed E-state index contributed by atoms with van der Waals surface area (Å²) in [5.41, 5.74) is -0.252. The minimum Gasteiger partial charge on any atom is -0.349 e. The first-order valence-corrected chi connectivity index (χ1v) is 8.25. The van der Waals surface area contributed by atoms with E-state index in [9.17, 15) is 14.4 Å². The van der Waals surface area contributed by atoms with E-state index in [1.807, 2.05) is 0 Å². The standard InChI is InChI=1S/C17H22N4O3/c1-10-5-4-6-12(7-10)19-15(22)11-8-13-14(18-9-11)20(2)17(24)21(3)16(13)23/h8-10,12H,4-7H2,1-3H3,(H,19,22)/t10-,12+/m0/s1. The first-order chi connectivity index (χ1) is 11.4. The van der Waals surface area contributed by atoms with Crippen molar-refractivity contribution in [2.75, 3.05) is 0 Å². The number of pyridine rings is 1. The Morgan fingerprint density at radius 2 is 2.00 bits per heavy atom. The van der Waals surface area contributed by atoms with E-state index in [0.717, 1.165) is 23.8 Å². The predicted octanol–water partition coefficient (Wildman–Crippen LogP) is 0.941. The van der Waals surface area contributed by atoms with Crippen molar-refractivity contribution < 1.29 is 4.79 Å². The van der Waals surface area contributed by atoms with Crippen molar-refractivity contribution in [3.8, 4) is 0 Å². The number of aromatic nitrogens is 3. The molecule has 0 radical (unpaired) electrons. The van der Waals surface area contributed by atoms with Crippen LogP contribution in [0.15, 0.2) is 21.9 Å². The number of hydrogen-bond donors (Lipinski definition) is 1. The van der Waals surface area contributed by atoms with E-state index in [1.54, 1.807) is 7.05 Å². The number of carbonyl (C=O) groups is 1. The molecule has 1 aliphatic rings. The molecule has 7 heteroatoms. The number of hydrogen-bond acceptors (Lipinski definition) is 4. The van der Waals surface area contributed by atoms with E-state index in [-0.39, 0.29) is 23.0 Å². The summed E-state index contributed by atoms with van der Waals surface area (Å²) in [5.74, 6) is 0.389. The summed E-state index contributed by atoms with van der Waals surface area (Å²) in [6, 6.07) is 1.69. The largest absolute Gasteiger partial charge is 0.349 e. The smallest absolute Gasteiger partial charge is 0.332 e. The third kappa shape index (κ3) is 2.86. The third-order valence-electron chi connectivity index (χ3n) is 4.83. The zero-order chi connectivity index (χ0) is 17.4. The average molecular weight is 330 g/mol. The summed E-state index contributed by atoms with van der Waals surface area (Å²) in [4.78, 5) is 40.9. The molecule has 1 amide bonds. The first kappa shape index (κ1) is 16.4. The Bertz CT molecular complexity index is 912. The van der Waals surface area contributed by atoms with Crippen LogP contribution in [0.3, 0.4) is 0 Å². The fourth-order valence-corrected chi connectivity index (χ4v) is 3.42. The predicted molar refractivity (Wildman–Crippen MR) is 91.1 cm³/mol. The lowest BCUT2D eigenvalue weighted by atomic mass is 9.87. The number of carbonyl (C=O) groups excluding carboxylic acids is 1. The molecule has 3 rings (SSSR count). The van der Waals surface area contributed by atoms with Crippen LogP contribution in [0.4, 0.5) is 0 Å². The monoisotopic (exact) mass is 330 g/mol. The van der Waals surface area contributed by atoms with Crippen molar-refractivity contribution in [2.45, 2.75) is 38.6 Å². The number of aryl methyl sites for hydroxylation is 1. The van der Waals surface area contributed by atoms with Gasteiger partial charge in [-0.3, -0.25) is 18.7 Å². The lowest BCUT2D eigenvalue weighted by Gasteiger charge is -2.27. The number of rotatable bonds is 2. The average Bonchev–Trinajstić information content (AvgIpc) is 2.57. The molecular weight excluding hydrogens is 308 g/mol. The first-order valence-electron chi connectivity index (χ1n) is 8.25. The van der Waals surface area contributed by atoms with Gasteiger partial charge in [0.05, 0.1) is 10.9 Å². The normalized spacial score (nSPS) is 21.0. The van der Waals surface area contributed by atoms with Gasteiger partial charge >= 0.3 is 5.69 Å². The molecule has 1 N–H and O–H groups in total. The van der Waals surface area contributed by atoms with Crippen molar-refractivity contribution in [2.24, 2.45) is 20.0 Å². The van der Waals surface area contributed by atoms with Gasteiger partial charge in [0.2, 0.25) is 0 Å². The molecule has 2 heterocycles. The Hall–Kier alpha value is -2.44. The Morgan fingerprint density at radius 1 is 1.25 bits per heavy atom. The highest BCUT2D eigenvalue weighted by Crippen LogP contribution is 2.23. The minimum atomic E-state index is -0.443. The molecule has 0 spiro atoms. The van der Waals surface area contributed by atoms with Gasteiger partial charge in [-0.1, -0.05) is 19.8 Å². The maximum atomic E-state index is 12.5. The molecule has 0 bridgehead atoms. The highest BCUT2D eigenvalue weighted by Gasteiger charge is 2.21. The second-order valence-electron chi connectivity index (χ2n) is 6.74. The van der Waals surface area contributed by atoms with Gasteiger partial charge in [0.1, 0.15) is 5.65 Å². The van der Waals surface area contributed by atoms with Gasteiger partial charge < -0.3 is 5.32 Å². The van der Waals surface area contributed by atoms with Crippen molar-refractivity contribution in [3.63, 3.8) is 0 Å². The number of fused-ring (bicyclic) bond motifs is 1. The molecule has 1 aliphatic carbocycles. The van der Waals surface area contributed by atoms with Crippen LogP contribution >= 0.6 is 0 Å². The van der Waals surface area contributed by atoms with Gasteiger partial charge in [-0.05, 0) is 24.8 Å². The zero-order valence-electron chi connectivity index (χ0n) is 14.2. The molecule has 2 atom stereocenters. The molecule has 0 aromatic carbocycles. The van der Waals surface area contributed by atoms with Crippen LogP contribution in [0, 0.1) is 5.92 Å². The molecule has 0 unspecified atom stereocenters. The molecule has 7 nitrogen and oxygen atoms in total. The topological polar surface area (TPSA) is 86.0 Å². The van der Waals surface area contributed by atoms with Gasteiger partial charge in [0.15, 0.2) is 0 Å². The number of nitrogens with one attached hydrogen (secondary N) is 1. The summed E-state index contributed by atoms with van der Waals surface area (Å²) in [6.45, 7) is 2.19. The Labute approximate surface area is 139 Å². The van der Waals surface area contributed by atoms with E-state index < -0.39 is 11.2 Å². The summed E-state index contributed by atoms with van der Waals surface area (Å²) in [6.07, 6.45) is 5.69. The molecule has 24 heavy (non-hydrogen) atoms. The summed E-state index contributed by atoms with van der Waals surface area (Å²) < 4.78 is 2.33. The van der Waals surface area contributed by atoms with Gasteiger partial charge in [0.25, 0.3) is 11.5 Å². The van der Waals surface area contributed by atoms with E-state index in [4.69, 9.17) is 0 Å².